The summed E-state index contributed by atoms with van der Waals surface area (Å²) in [4.78, 5) is 13.9. The highest BCUT2D eigenvalue weighted by atomic mass is 16.2. The zero-order valence-corrected chi connectivity index (χ0v) is 12.2. The van der Waals surface area contributed by atoms with E-state index >= 15 is 0 Å². The molecule has 0 saturated carbocycles. The van der Waals surface area contributed by atoms with Gasteiger partial charge in [-0.2, -0.15) is 0 Å². The van der Waals surface area contributed by atoms with Gasteiger partial charge in [-0.1, -0.05) is 27.2 Å². The van der Waals surface area contributed by atoms with E-state index in [4.69, 9.17) is 0 Å². The van der Waals surface area contributed by atoms with Gasteiger partial charge in [-0.05, 0) is 31.7 Å². The zero-order chi connectivity index (χ0) is 13.4. The molecule has 4 nitrogen and oxygen atoms in total. The number of urea groups is 1. The number of carbonyl (C=O) groups excluding carboxylic acids is 1. The first kappa shape index (κ1) is 15.3. The van der Waals surface area contributed by atoms with Gasteiger partial charge in [0.15, 0.2) is 0 Å². The van der Waals surface area contributed by atoms with Crippen LogP contribution in [0.1, 0.15) is 46.5 Å². The van der Waals surface area contributed by atoms with Gasteiger partial charge in [0.2, 0.25) is 0 Å². The second kappa shape index (κ2) is 8.35. The van der Waals surface area contributed by atoms with Crippen molar-refractivity contribution in [1.29, 1.82) is 0 Å². The summed E-state index contributed by atoms with van der Waals surface area (Å²) in [6.07, 6.45) is 4.39. The molecule has 106 valence electrons. The van der Waals surface area contributed by atoms with Crippen LogP contribution in [0.2, 0.25) is 0 Å². The summed E-state index contributed by atoms with van der Waals surface area (Å²) in [6, 6.07) is 0.703. The predicted molar refractivity (Wildman–Crippen MR) is 75.7 cm³/mol. The fourth-order valence-electron chi connectivity index (χ4n) is 2.57. The molecule has 0 aromatic rings. The summed E-state index contributed by atoms with van der Waals surface area (Å²) in [7, 11) is 0. The van der Waals surface area contributed by atoms with E-state index in [2.05, 4.69) is 31.4 Å². The summed E-state index contributed by atoms with van der Waals surface area (Å²) in [6.45, 7) is 10.1. The van der Waals surface area contributed by atoms with Crippen LogP contribution in [0.4, 0.5) is 4.79 Å². The van der Waals surface area contributed by atoms with Crippen LogP contribution < -0.4 is 10.6 Å². The molecule has 2 amide bonds. The number of nitrogens with one attached hydrogen (secondary N) is 2. The number of amides is 2. The molecule has 0 spiro atoms. The van der Waals surface area contributed by atoms with Crippen molar-refractivity contribution >= 4 is 6.03 Å². The quantitative estimate of drug-likeness (QED) is 0.764. The summed E-state index contributed by atoms with van der Waals surface area (Å²) in [5.41, 5.74) is 0. The Hall–Kier alpha value is -0.770. The lowest BCUT2D eigenvalue weighted by molar-refractivity contribution is 0.142. The topological polar surface area (TPSA) is 44.4 Å². The summed E-state index contributed by atoms with van der Waals surface area (Å²) in [5, 5.41) is 6.59. The molecule has 1 fully saturated rings. The monoisotopic (exact) mass is 255 g/mol. The van der Waals surface area contributed by atoms with E-state index in [1.165, 1.54) is 6.42 Å². The Bertz CT molecular complexity index is 245. The van der Waals surface area contributed by atoms with Crippen LogP contribution in [-0.2, 0) is 0 Å². The van der Waals surface area contributed by atoms with E-state index < -0.39 is 0 Å². The van der Waals surface area contributed by atoms with Crippen LogP contribution in [0.5, 0.6) is 0 Å². The molecule has 4 heteroatoms. The maximum atomic E-state index is 11.9. The normalized spacial score (nSPS) is 24.1. The van der Waals surface area contributed by atoms with E-state index in [9.17, 15) is 4.79 Å². The summed E-state index contributed by atoms with van der Waals surface area (Å²) in [5.74, 6) is 0.595. The van der Waals surface area contributed by atoms with Gasteiger partial charge in [0.05, 0.1) is 0 Å². The maximum absolute atomic E-state index is 11.9. The number of piperidine rings is 1. The molecular weight excluding hydrogens is 226 g/mol. The van der Waals surface area contributed by atoms with Crippen molar-refractivity contribution < 1.29 is 4.79 Å². The number of hydrogen-bond donors (Lipinski definition) is 2. The van der Waals surface area contributed by atoms with Gasteiger partial charge in [-0.15, -0.1) is 0 Å². The Morgan fingerprint density at radius 3 is 2.56 bits per heavy atom. The van der Waals surface area contributed by atoms with E-state index in [1.807, 2.05) is 4.90 Å². The molecule has 0 aromatic carbocycles. The van der Waals surface area contributed by atoms with Crippen molar-refractivity contribution in [3.8, 4) is 0 Å². The molecule has 0 bridgehead atoms. The number of carbonyl (C=O) groups is 1. The second-order valence-electron chi connectivity index (χ2n) is 5.20. The molecule has 1 heterocycles. The molecule has 1 aliphatic rings. The van der Waals surface area contributed by atoms with Crippen molar-refractivity contribution in [1.82, 2.24) is 15.5 Å². The van der Waals surface area contributed by atoms with Gasteiger partial charge in [-0.3, -0.25) is 0 Å². The van der Waals surface area contributed by atoms with E-state index in [0.717, 1.165) is 45.4 Å². The van der Waals surface area contributed by atoms with Gasteiger partial charge in [0.25, 0.3) is 0 Å². The van der Waals surface area contributed by atoms with Crippen LogP contribution >= 0.6 is 0 Å². The van der Waals surface area contributed by atoms with E-state index in [0.29, 0.717) is 12.0 Å². The average molecular weight is 255 g/mol. The van der Waals surface area contributed by atoms with Gasteiger partial charge in [0, 0.05) is 25.7 Å². The molecule has 1 rings (SSSR count). The SMILES string of the molecule is CCCNC(=O)N1CCC(NCCC)C(CC)C1. The van der Waals surface area contributed by atoms with E-state index in [1.54, 1.807) is 0 Å². The first-order valence-corrected chi connectivity index (χ1v) is 7.49. The van der Waals surface area contributed by atoms with Crippen LogP contribution in [0.25, 0.3) is 0 Å². The molecule has 0 aliphatic carbocycles. The van der Waals surface area contributed by atoms with Crippen molar-refractivity contribution in [3.63, 3.8) is 0 Å². The van der Waals surface area contributed by atoms with Crippen LogP contribution in [0, 0.1) is 5.92 Å². The lowest BCUT2D eigenvalue weighted by atomic mass is 9.90. The van der Waals surface area contributed by atoms with Crippen LogP contribution in [0.3, 0.4) is 0 Å². The molecule has 0 aromatic heterocycles. The Morgan fingerprint density at radius 2 is 1.94 bits per heavy atom. The lowest BCUT2D eigenvalue weighted by Gasteiger charge is -2.38. The minimum atomic E-state index is 0.115. The maximum Gasteiger partial charge on any atom is 0.317 e. The van der Waals surface area contributed by atoms with Crippen molar-refractivity contribution in [2.45, 2.75) is 52.5 Å². The van der Waals surface area contributed by atoms with Crippen molar-refractivity contribution in [2.24, 2.45) is 5.92 Å². The third kappa shape index (κ3) is 4.48. The molecule has 2 atom stereocenters. The molecule has 0 radical (unpaired) electrons. The molecule has 2 N–H and O–H groups in total. The minimum absolute atomic E-state index is 0.115. The summed E-state index contributed by atoms with van der Waals surface area (Å²) >= 11 is 0. The van der Waals surface area contributed by atoms with Crippen molar-refractivity contribution in [3.05, 3.63) is 0 Å². The highest BCUT2D eigenvalue weighted by molar-refractivity contribution is 5.74. The number of likely N-dealkylation sites (tertiary alicyclic amines) is 1. The van der Waals surface area contributed by atoms with Crippen LogP contribution in [-0.4, -0.2) is 43.2 Å². The predicted octanol–water partition coefficient (Wildman–Crippen LogP) is 2.21. The largest absolute Gasteiger partial charge is 0.338 e. The average Bonchev–Trinajstić information content (AvgIpc) is 2.42. The molecular formula is C14H29N3O. The smallest absolute Gasteiger partial charge is 0.317 e. The number of rotatable bonds is 6. The highest BCUT2D eigenvalue weighted by Crippen LogP contribution is 2.20. The fourth-order valence-corrected chi connectivity index (χ4v) is 2.57. The molecule has 1 saturated heterocycles. The van der Waals surface area contributed by atoms with Gasteiger partial charge < -0.3 is 15.5 Å². The molecule has 18 heavy (non-hydrogen) atoms. The second-order valence-corrected chi connectivity index (χ2v) is 5.20. The zero-order valence-electron chi connectivity index (χ0n) is 12.2. The number of hydrogen-bond acceptors (Lipinski definition) is 2. The van der Waals surface area contributed by atoms with Crippen molar-refractivity contribution in [2.75, 3.05) is 26.2 Å². The van der Waals surface area contributed by atoms with Gasteiger partial charge in [-0.25, -0.2) is 4.79 Å². The van der Waals surface area contributed by atoms with Gasteiger partial charge in [0.1, 0.15) is 0 Å². The third-order valence-corrected chi connectivity index (χ3v) is 3.73. The lowest BCUT2D eigenvalue weighted by Crippen LogP contribution is -2.53. The standard InChI is InChI=1S/C14H29N3O/c1-4-8-15-13-7-10-17(11-12(13)6-3)14(18)16-9-5-2/h12-13,15H,4-11H2,1-3H3,(H,16,18). The Kier molecular flexibility index (Phi) is 7.09. The van der Waals surface area contributed by atoms with Gasteiger partial charge >= 0.3 is 6.03 Å². The highest BCUT2D eigenvalue weighted by Gasteiger charge is 2.29. The Morgan fingerprint density at radius 1 is 1.22 bits per heavy atom. The molecule has 2 unspecified atom stereocenters. The van der Waals surface area contributed by atoms with Crippen LogP contribution in [0.15, 0.2) is 0 Å². The first-order valence-electron chi connectivity index (χ1n) is 7.49. The first-order chi connectivity index (χ1) is 8.72. The third-order valence-electron chi connectivity index (χ3n) is 3.73. The summed E-state index contributed by atoms with van der Waals surface area (Å²) < 4.78 is 0. The Balaban J connectivity index is 2.42. The van der Waals surface area contributed by atoms with E-state index in [-0.39, 0.29) is 6.03 Å². The minimum Gasteiger partial charge on any atom is -0.338 e. The Labute approximate surface area is 111 Å². The molecule has 1 aliphatic heterocycles. The fraction of sp³-hybridized carbons (Fsp3) is 0.929. The number of nitrogens with zero attached hydrogens (tertiary/aromatic N) is 1.